The molecule has 146 valence electrons. The normalized spacial score (nSPS) is 12.9. The molecule has 0 radical (unpaired) electrons. The first kappa shape index (κ1) is 18.9. The van der Waals surface area contributed by atoms with Crippen molar-refractivity contribution in [2.45, 2.75) is 13.0 Å². The molecule has 5 heteroatoms. The lowest BCUT2D eigenvalue weighted by Gasteiger charge is -2.28. The van der Waals surface area contributed by atoms with Gasteiger partial charge in [-0.05, 0) is 66.1 Å². The van der Waals surface area contributed by atoms with E-state index in [9.17, 15) is 14.0 Å². The lowest BCUT2D eigenvalue weighted by Crippen LogP contribution is -2.38. The Balaban J connectivity index is 1.34. The Morgan fingerprint density at radius 1 is 0.862 bits per heavy atom. The maximum atomic E-state index is 13.0. The smallest absolute Gasteiger partial charge is 0.260 e. The fourth-order valence-corrected chi connectivity index (χ4v) is 3.42. The van der Waals surface area contributed by atoms with E-state index in [1.165, 1.54) is 35.4 Å². The molecule has 1 aliphatic rings. The Kier molecular flexibility index (Phi) is 5.38. The third-order valence-corrected chi connectivity index (χ3v) is 5.07. The number of ketones is 1. The largest absolute Gasteiger partial charge is 0.484 e. The van der Waals surface area contributed by atoms with Crippen LogP contribution in [0.3, 0.4) is 0 Å². The molecule has 4 rings (SSSR count). The fourth-order valence-electron chi connectivity index (χ4n) is 3.42. The van der Waals surface area contributed by atoms with Gasteiger partial charge in [-0.15, -0.1) is 0 Å². The maximum Gasteiger partial charge on any atom is 0.260 e. The molecule has 0 N–H and O–H groups in total. The predicted molar refractivity (Wildman–Crippen MR) is 107 cm³/mol. The van der Waals surface area contributed by atoms with E-state index in [-0.39, 0.29) is 24.1 Å². The molecule has 4 nitrogen and oxygen atoms in total. The van der Waals surface area contributed by atoms with E-state index in [0.717, 1.165) is 6.42 Å². The number of rotatable bonds is 5. The van der Waals surface area contributed by atoms with Gasteiger partial charge in [-0.1, -0.05) is 24.3 Å². The highest BCUT2D eigenvalue weighted by Crippen LogP contribution is 2.19. The molecule has 1 heterocycles. The summed E-state index contributed by atoms with van der Waals surface area (Å²) in [5.74, 6) is -0.121. The van der Waals surface area contributed by atoms with Gasteiger partial charge in [-0.3, -0.25) is 9.59 Å². The lowest BCUT2D eigenvalue weighted by atomic mass is 10.00. The molecule has 1 amide bonds. The molecule has 3 aromatic rings. The quantitative estimate of drug-likeness (QED) is 0.619. The Labute approximate surface area is 168 Å². The highest BCUT2D eigenvalue weighted by atomic mass is 19.1. The van der Waals surface area contributed by atoms with Crippen LogP contribution in [-0.4, -0.2) is 29.7 Å². The van der Waals surface area contributed by atoms with Crippen LogP contribution < -0.4 is 4.74 Å². The summed E-state index contributed by atoms with van der Waals surface area (Å²) < 4.78 is 18.6. The summed E-state index contributed by atoms with van der Waals surface area (Å²) in [4.78, 5) is 26.7. The van der Waals surface area contributed by atoms with Gasteiger partial charge in [0.15, 0.2) is 12.4 Å². The monoisotopic (exact) mass is 389 g/mol. The van der Waals surface area contributed by atoms with Crippen molar-refractivity contribution in [1.82, 2.24) is 4.90 Å². The van der Waals surface area contributed by atoms with Crippen LogP contribution in [0.4, 0.5) is 4.39 Å². The summed E-state index contributed by atoms with van der Waals surface area (Å²) >= 11 is 0. The first-order valence-electron chi connectivity index (χ1n) is 9.48. The van der Waals surface area contributed by atoms with Gasteiger partial charge in [0.2, 0.25) is 0 Å². The second-order valence-corrected chi connectivity index (χ2v) is 6.98. The summed E-state index contributed by atoms with van der Waals surface area (Å²) in [6.07, 6.45) is 0.849. The van der Waals surface area contributed by atoms with Crippen molar-refractivity contribution in [3.63, 3.8) is 0 Å². The molecule has 0 atom stereocenters. The van der Waals surface area contributed by atoms with E-state index < -0.39 is 0 Å². The van der Waals surface area contributed by atoms with Gasteiger partial charge in [0, 0.05) is 24.2 Å². The Bertz CT molecular complexity index is 1030. The van der Waals surface area contributed by atoms with Crippen LogP contribution in [0.1, 0.15) is 27.0 Å². The first-order chi connectivity index (χ1) is 14.1. The standard InChI is InChI=1S/C24H20FNO3/c25-21-9-5-18(6-10-21)24(28)19-7-11-22(12-8-19)29-16-23(27)26-14-13-17-3-1-2-4-20(17)15-26/h1-12H,13-16H2. The molecule has 3 aromatic carbocycles. The van der Waals surface area contributed by atoms with Gasteiger partial charge < -0.3 is 9.64 Å². The third-order valence-electron chi connectivity index (χ3n) is 5.07. The summed E-state index contributed by atoms with van der Waals surface area (Å²) in [6.45, 7) is 1.24. The molecule has 0 unspecified atom stereocenters. The average Bonchev–Trinajstić information content (AvgIpc) is 2.77. The van der Waals surface area contributed by atoms with Gasteiger partial charge >= 0.3 is 0 Å². The summed E-state index contributed by atoms with van der Waals surface area (Å²) in [5.41, 5.74) is 3.36. The van der Waals surface area contributed by atoms with Gasteiger partial charge in [0.1, 0.15) is 11.6 Å². The molecule has 1 aliphatic heterocycles. The molecular formula is C24H20FNO3. The number of halogens is 1. The SMILES string of the molecule is O=C(c1ccc(F)cc1)c1ccc(OCC(=O)N2CCc3ccccc3C2)cc1. The van der Waals surface area contributed by atoms with E-state index in [4.69, 9.17) is 4.74 Å². The van der Waals surface area contributed by atoms with E-state index in [0.29, 0.717) is 30.0 Å². The predicted octanol–water partition coefficient (Wildman–Crippen LogP) is 4.02. The zero-order valence-corrected chi connectivity index (χ0v) is 15.8. The third kappa shape index (κ3) is 4.35. The van der Waals surface area contributed by atoms with Gasteiger partial charge in [0.05, 0.1) is 0 Å². The number of benzene rings is 3. The summed E-state index contributed by atoms with van der Waals surface area (Å²) in [7, 11) is 0. The second kappa shape index (κ2) is 8.27. The number of hydrogen-bond donors (Lipinski definition) is 0. The van der Waals surface area contributed by atoms with Crippen molar-refractivity contribution in [3.8, 4) is 5.75 Å². The molecule has 0 saturated carbocycles. The van der Waals surface area contributed by atoms with E-state index >= 15 is 0 Å². The van der Waals surface area contributed by atoms with Crippen LogP contribution >= 0.6 is 0 Å². The molecule has 29 heavy (non-hydrogen) atoms. The molecule has 0 aromatic heterocycles. The van der Waals surface area contributed by atoms with Crippen LogP contribution in [0.2, 0.25) is 0 Å². The zero-order valence-electron chi connectivity index (χ0n) is 15.8. The van der Waals surface area contributed by atoms with Crippen LogP contribution in [0, 0.1) is 5.82 Å². The van der Waals surface area contributed by atoms with Crippen molar-refractivity contribution >= 4 is 11.7 Å². The topological polar surface area (TPSA) is 46.6 Å². The minimum absolute atomic E-state index is 0.0482. The number of hydrogen-bond acceptors (Lipinski definition) is 3. The van der Waals surface area contributed by atoms with E-state index in [1.54, 1.807) is 29.2 Å². The highest BCUT2D eigenvalue weighted by molar-refractivity contribution is 6.09. The fraction of sp³-hybridized carbons (Fsp3) is 0.167. The minimum Gasteiger partial charge on any atom is -0.484 e. The molecule has 0 spiro atoms. The Morgan fingerprint density at radius 3 is 2.17 bits per heavy atom. The van der Waals surface area contributed by atoms with Crippen molar-refractivity contribution in [2.75, 3.05) is 13.2 Å². The van der Waals surface area contributed by atoms with Crippen LogP contribution in [0.5, 0.6) is 5.75 Å². The summed E-state index contributed by atoms with van der Waals surface area (Å²) in [6, 6.07) is 20.2. The van der Waals surface area contributed by atoms with E-state index in [1.807, 2.05) is 18.2 Å². The number of ether oxygens (including phenoxy) is 1. The maximum absolute atomic E-state index is 13.0. The van der Waals surface area contributed by atoms with Gasteiger partial charge in [0.25, 0.3) is 5.91 Å². The second-order valence-electron chi connectivity index (χ2n) is 6.98. The highest BCUT2D eigenvalue weighted by Gasteiger charge is 2.20. The molecular weight excluding hydrogens is 369 g/mol. The lowest BCUT2D eigenvalue weighted by molar-refractivity contribution is -0.134. The number of fused-ring (bicyclic) bond motifs is 1. The minimum atomic E-state index is -0.382. The van der Waals surface area contributed by atoms with E-state index in [2.05, 4.69) is 6.07 Å². The summed E-state index contributed by atoms with van der Waals surface area (Å²) in [5, 5.41) is 0. The average molecular weight is 389 g/mol. The van der Waals surface area contributed by atoms with Crippen molar-refractivity contribution in [1.29, 1.82) is 0 Å². The Hall–Kier alpha value is -3.47. The number of carbonyl (C=O) groups excluding carboxylic acids is 2. The zero-order chi connectivity index (χ0) is 20.2. The molecule has 0 bridgehead atoms. The number of carbonyl (C=O) groups is 2. The van der Waals surface area contributed by atoms with Crippen molar-refractivity contribution < 1.29 is 18.7 Å². The molecule has 0 saturated heterocycles. The van der Waals surface area contributed by atoms with Crippen molar-refractivity contribution in [2.24, 2.45) is 0 Å². The Morgan fingerprint density at radius 2 is 1.48 bits per heavy atom. The van der Waals surface area contributed by atoms with Gasteiger partial charge in [-0.25, -0.2) is 4.39 Å². The van der Waals surface area contributed by atoms with Crippen LogP contribution in [0.25, 0.3) is 0 Å². The molecule has 0 aliphatic carbocycles. The van der Waals surface area contributed by atoms with Crippen molar-refractivity contribution in [3.05, 3.63) is 101 Å². The van der Waals surface area contributed by atoms with Crippen LogP contribution in [-0.2, 0) is 17.8 Å². The number of nitrogens with zero attached hydrogens (tertiary/aromatic N) is 1. The van der Waals surface area contributed by atoms with Crippen LogP contribution in [0.15, 0.2) is 72.8 Å². The van der Waals surface area contributed by atoms with Gasteiger partial charge in [-0.2, -0.15) is 0 Å². The molecule has 0 fully saturated rings. The number of amides is 1. The first-order valence-corrected chi connectivity index (χ1v) is 9.48.